The summed E-state index contributed by atoms with van der Waals surface area (Å²) in [5, 5.41) is 16.5. The van der Waals surface area contributed by atoms with Gasteiger partial charge in [-0.1, -0.05) is 5.10 Å². The van der Waals surface area contributed by atoms with E-state index in [2.05, 4.69) is 38.1 Å². The molecule has 0 aliphatic carbocycles. The first kappa shape index (κ1) is 14.4. The largest absolute Gasteiger partial charge is 0.467 e. The van der Waals surface area contributed by atoms with Crippen LogP contribution in [-0.2, 0) is 11.3 Å². The molecule has 0 saturated carbocycles. The van der Waals surface area contributed by atoms with Crippen LogP contribution in [-0.4, -0.2) is 39.9 Å². The molecule has 4 heterocycles. The lowest BCUT2D eigenvalue weighted by molar-refractivity contribution is 0.0250. The second-order valence-corrected chi connectivity index (χ2v) is 6.28. The maximum absolute atomic E-state index is 5.80. The van der Waals surface area contributed by atoms with Crippen LogP contribution in [0.25, 0.3) is 0 Å². The van der Waals surface area contributed by atoms with Crippen LogP contribution in [0.3, 0.4) is 0 Å². The Labute approximate surface area is 137 Å². The minimum absolute atomic E-state index is 0.0909. The van der Waals surface area contributed by atoms with Crippen LogP contribution < -0.4 is 4.90 Å². The number of hydrogen-bond acceptors (Lipinski definition) is 7. The van der Waals surface area contributed by atoms with Gasteiger partial charge in [-0.3, -0.25) is 0 Å². The fourth-order valence-electron chi connectivity index (χ4n) is 2.72. The molecule has 0 aromatic carbocycles. The molecular weight excluding hydrogens is 314 g/mol. The molecule has 0 spiro atoms. The first-order valence-corrected chi connectivity index (χ1v) is 8.43. The normalized spacial score (nSPS) is 18.5. The van der Waals surface area contributed by atoms with Crippen LogP contribution in [0.15, 0.2) is 33.6 Å². The summed E-state index contributed by atoms with van der Waals surface area (Å²) in [6.45, 7) is 4.85. The maximum Gasteiger partial charge on any atom is 0.246 e. The Morgan fingerprint density at radius 1 is 1.39 bits per heavy atom. The van der Waals surface area contributed by atoms with Gasteiger partial charge in [-0.15, -0.1) is 0 Å². The summed E-state index contributed by atoms with van der Waals surface area (Å²) in [5.41, 5.74) is 2.52. The van der Waals surface area contributed by atoms with E-state index in [0.717, 1.165) is 18.3 Å². The molecule has 0 radical (unpaired) electrons. The summed E-state index contributed by atoms with van der Waals surface area (Å²) in [7, 11) is 0. The molecule has 7 nitrogen and oxygen atoms in total. The number of aromatic nitrogens is 4. The van der Waals surface area contributed by atoms with E-state index in [9.17, 15) is 0 Å². The third-order valence-electron chi connectivity index (χ3n) is 4.00. The van der Waals surface area contributed by atoms with E-state index in [4.69, 9.17) is 9.15 Å². The smallest absolute Gasteiger partial charge is 0.246 e. The number of ether oxygens (including phenoxy) is 1. The van der Waals surface area contributed by atoms with Crippen LogP contribution in [0.5, 0.6) is 0 Å². The van der Waals surface area contributed by atoms with E-state index < -0.39 is 0 Å². The van der Waals surface area contributed by atoms with Crippen LogP contribution in [0, 0.1) is 6.92 Å². The Morgan fingerprint density at radius 2 is 2.35 bits per heavy atom. The summed E-state index contributed by atoms with van der Waals surface area (Å²) < 4.78 is 13.1. The molecule has 0 N–H and O–H groups in total. The summed E-state index contributed by atoms with van der Waals surface area (Å²) in [6.07, 6.45) is 1.58. The molecule has 1 atom stereocenters. The van der Waals surface area contributed by atoms with Gasteiger partial charge in [0.2, 0.25) is 5.95 Å². The van der Waals surface area contributed by atoms with E-state index in [-0.39, 0.29) is 6.10 Å². The average molecular weight is 331 g/mol. The van der Waals surface area contributed by atoms with Gasteiger partial charge in [0.1, 0.15) is 11.9 Å². The van der Waals surface area contributed by atoms with E-state index in [1.807, 2.05) is 16.8 Å². The average Bonchev–Trinajstić information content (AvgIpc) is 3.31. The summed E-state index contributed by atoms with van der Waals surface area (Å²) in [4.78, 5) is 2.15. The Balaban J connectivity index is 1.54. The number of anilines is 1. The minimum Gasteiger partial charge on any atom is -0.467 e. The number of furan rings is 1. The van der Waals surface area contributed by atoms with Crippen molar-refractivity contribution in [2.75, 3.05) is 24.6 Å². The summed E-state index contributed by atoms with van der Waals surface area (Å²) >= 11 is 1.70. The Morgan fingerprint density at radius 3 is 3.13 bits per heavy atom. The maximum atomic E-state index is 5.80. The number of hydrogen-bond donors (Lipinski definition) is 0. The first-order valence-electron chi connectivity index (χ1n) is 7.49. The molecule has 1 unspecified atom stereocenters. The van der Waals surface area contributed by atoms with Crippen molar-refractivity contribution in [3.63, 3.8) is 0 Å². The fourth-order valence-corrected chi connectivity index (χ4v) is 3.56. The van der Waals surface area contributed by atoms with Crippen molar-refractivity contribution in [1.82, 2.24) is 20.2 Å². The van der Waals surface area contributed by atoms with Gasteiger partial charge in [-0.25, -0.2) is 4.68 Å². The Kier molecular flexibility index (Phi) is 3.84. The summed E-state index contributed by atoms with van der Waals surface area (Å²) in [5.74, 6) is 1.61. The lowest BCUT2D eigenvalue weighted by Gasteiger charge is -2.32. The fraction of sp³-hybridized carbons (Fsp3) is 0.400. The number of nitrogens with zero attached hydrogens (tertiary/aromatic N) is 5. The number of rotatable bonds is 4. The van der Waals surface area contributed by atoms with Crippen molar-refractivity contribution in [3.8, 4) is 0 Å². The zero-order valence-electron chi connectivity index (χ0n) is 12.8. The molecule has 1 saturated heterocycles. The lowest BCUT2D eigenvalue weighted by atomic mass is 10.2. The molecule has 120 valence electrons. The Bertz CT molecular complexity index is 767. The molecule has 0 bridgehead atoms. The molecule has 4 rings (SSSR count). The second kappa shape index (κ2) is 6.13. The van der Waals surface area contributed by atoms with Crippen molar-refractivity contribution in [1.29, 1.82) is 0 Å². The quantitative estimate of drug-likeness (QED) is 0.730. The van der Waals surface area contributed by atoms with Crippen LogP contribution >= 0.6 is 11.3 Å². The second-order valence-electron chi connectivity index (χ2n) is 5.54. The molecule has 3 aromatic heterocycles. The van der Waals surface area contributed by atoms with Gasteiger partial charge in [0, 0.05) is 6.54 Å². The molecule has 8 heteroatoms. The molecular formula is C15H17N5O2S. The number of tetrazole rings is 1. The molecule has 23 heavy (non-hydrogen) atoms. The predicted molar refractivity (Wildman–Crippen MR) is 85.6 cm³/mol. The highest BCUT2D eigenvalue weighted by molar-refractivity contribution is 7.08. The van der Waals surface area contributed by atoms with E-state index in [1.54, 1.807) is 17.6 Å². The van der Waals surface area contributed by atoms with Gasteiger partial charge in [0.05, 0.1) is 26.0 Å². The van der Waals surface area contributed by atoms with Gasteiger partial charge < -0.3 is 14.1 Å². The minimum atomic E-state index is -0.0909. The first-order chi connectivity index (χ1) is 11.3. The highest BCUT2D eigenvalue weighted by atomic mass is 32.1. The number of aryl methyl sites for hydroxylation is 1. The van der Waals surface area contributed by atoms with Gasteiger partial charge in [-0.2, -0.15) is 11.3 Å². The van der Waals surface area contributed by atoms with Crippen molar-refractivity contribution in [3.05, 3.63) is 46.0 Å². The summed E-state index contributed by atoms with van der Waals surface area (Å²) in [6, 6.07) is 3.81. The third kappa shape index (κ3) is 2.87. The van der Waals surface area contributed by atoms with E-state index >= 15 is 0 Å². The van der Waals surface area contributed by atoms with Crippen molar-refractivity contribution >= 4 is 17.3 Å². The molecule has 3 aromatic rings. The van der Waals surface area contributed by atoms with Crippen LogP contribution in [0.1, 0.15) is 23.0 Å². The zero-order valence-corrected chi connectivity index (χ0v) is 13.6. The molecule has 1 fully saturated rings. The van der Waals surface area contributed by atoms with Crippen molar-refractivity contribution < 1.29 is 9.15 Å². The van der Waals surface area contributed by atoms with Crippen LogP contribution in [0.2, 0.25) is 0 Å². The van der Waals surface area contributed by atoms with E-state index in [0.29, 0.717) is 19.7 Å². The van der Waals surface area contributed by atoms with Gasteiger partial charge in [-0.05, 0) is 51.4 Å². The highest BCUT2D eigenvalue weighted by Crippen LogP contribution is 2.25. The topological polar surface area (TPSA) is 69.2 Å². The van der Waals surface area contributed by atoms with Gasteiger partial charge >= 0.3 is 0 Å². The SMILES string of the molecule is Cc1cscc1Cn1nnnc1N1CCOC(c2ccco2)C1. The van der Waals surface area contributed by atoms with Crippen molar-refractivity contribution in [2.45, 2.75) is 19.6 Å². The molecule has 1 aliphatic heterocycles. The Hall–Kier alpha value is -2.19. The molecule has 1 aliphatic rings. The van der Waals surface area contributed by atoms with Gasteiger partial charge in [0.15, 0.2) is 0 Å². The van der Waals surface area contributed by atoms with Crippen molar-refractivity contribution in [2.24, 2.45) is 0 Å². The van der Waals surface area contributed by atoms with E-state index in [1.165, 1.54) is 11.1 Å². The lowest BCUT2D eigenvalue weighted by Crippen LogP contribution is -2.40. The van der Waals surface area contributed by atoms with Crippen LogP contribution in [0.4, 0.5) is 5.95 Å². The number of morpholine rings is 1. The zero-order chi connectivity index (χ0) is 15.6. The van der Waals surface area contributed by atoms with Gasteiger partial charge in [0.25, 0.3) is 0 Å². The highest BCUT2D eigenvalue weighted by Gasteiger charge is 2.27. The standard InChI is InChI=1S/C15H17N5O2S/c1-11-9-23-10-12(11)7-20-15(16-17-18-20)19-4-6-22-14(8-19)13-3-2-5-21-13/h2-3,5,9-10,14H,4,6-8H2,1H3. The molecule has 0 amide bonds. The monoisotopic (exact) mass is 331 g/mol. The number of thiophene rings is 1. The predicted octanol–water partition coefficient (Wildman–Crippen LogP) is 2.26. The third-order valence-corrected chi connectivity index (χ3v) is 4.91.